The van der Waals surface area contributed by atoms with Gasteiger partial charge in [-0.3, -0.25) is 9.59 Å². The Bertz CT molecular complexity index is 847. The third-order valence-corrected chi connectivity index (χ3v) is 5.71. The van der Waals surface area contributed by atoms with Gasteiger partial charge in [0, 0.05) is 34.4 Å². The number of hydrogen-bond acceptors (Lipinski definition) is 4. The minimum Gasteiger partial charge on any atom is -0.311 e. The quantitative estimate of drug-likeness (QED) is 0.916. The molecule has 2 aromatic rings. The van der Waals surface area contributed by atoms with Gasteiger partial charge >= 0.3 is 0 Å². The zero-order valence-corrected chi connectivity index (χ0v) is 15.7. The van der Waals surface area contributed by atoms with E-state index < -0.39 is 0 Å². The van der Waals surface area contributed by atoms with Crippen molar-refractivity contribution < 1.29 is 4.79 Å². The number of para-hydroxylation sites is 1. The molecule has 0 aliphatic carbocycles. The number of fused-ring (bicyclic) bond motifs is 1. The molecule has 1 aromatic carbocycles. The van der Waals surface area contributed by atoms with E-state index in [1.807, 2.05) is 41.8 Å². The number of carbonyl (C=O) groups excluding carboxylic acids is 1. The molecule has 0 saturated carbocycles. The maximum atomic E-state index is 12.9. The maximum absolute atomic E-state index is 12.9. The van der Waals surface area contributed by atoms with E-state index in [0.29, 0.717) is 41.7 Å². The zero-order chi connectivity index (χ0) is 18.0. The van der Waals surface area contributed by atoms with Crippen molar-refractivity contribution in [3.8, 4) is 0 Å². The van der Waals surface area contributed by atoms with Crippen LogP contribution in [0.4, 0.5) is 5.69 Å². The number of amides is 1. The van der Waals surface area contributed by atoms with Crippen molar-refractivity contribution in [3.63, 3.8) is 0 Å². The predicted molar refractivity (Wildman–Crippen MR) is 101 cm³/mol. The van der Waals surface area contributed by atoms with E-state index >= 15 is 0 Å². The van der Waals surface area contributed by atoms with E-state index in [1.54, 1.807) is 6.92 Å². The molecule has 132 valence electrons. The zero-order valence-electron chi connectivity index (χ0n) is 14.8. The normalized spacial score (nSPS) is 17.1. The van der Waals surface area contributed by atoms with E-state index in [9.17, 15) is 9.59 Å². The number of hydrogen-bond donors (Lipinski definition) is 1. The van der Waals surface area contributed by atoms with Gasteiger partial charge in [0.2, 0.25) is 5.91 Å². The standard InChI is InChI=1S/C19H23N3O2S/c1-12-10-11-22(16-6-4-5-7-17(16)25-12)18(23)9-8-15-13(2)20-14(3)21-19(15)24/h4-7,12H,8-11H2,1-3H3,(H,20,21,24)/t12-/m0/s1. The van der Waals surface area contributed by atoms with Crippen LogP contribution in [0.5, 0.6) is 0 Å². The van der Waals surface area contributed by atoms with E-state index in [1.165, 1.54) is 0 Å². The molecule has 0 radical (unpaired) electrons. The van der Waals surface area contributed by atoms with Crippen LogP contribution in [0.25, 0.3) is 0 Å². The summed E-state index contributed by atoms with van der Waals surface area (Å²) in [6.07, 6.45) is 1.67. The molecule has 1 N–H and O–H groups in total. The summed E-state index contributed by atoms with van der Waals surface area (Å²) in [5.74, 6) is 0.659. The van der Waals surface area contributed by atoms with Gasteiger partial charge in [-0.15, -0.1) is 11.8 Å². The smallest absolute Gasteiger partial charge is 0.254 e. The highest BCUT2D eigenvalue weighted by atomic mass is 32.2. The highest BCUT2D eigenvalue weighted by Crippen LogP contribution is 2.37. The number of aromatic nitrogens is 2. The number of benzene rings is 1. The van der Waals surface area contributed by atoms with Crippen LogP contribution in [0.2, 0.25) is 0 Å². The number of H-pyrrole nitrogens is 1. The molecule has 2 heterocycles. The molecule has 6 heteroatoms. The van der Waals surface area contributed by atoms with Crippen molar-refractivity contribution in [1.29, 1.82) is 0 Å². The first-order valence-corrected chi connectivity index (χ1v) is 9.46. The van der Waals surface area contributed by atoms with Crippen molar-refractivity contribution in [3.05, 3.63) is 51.7 Å². The lowest BCUT2D eigenvalue weighted by Crippen LogP contribution is -2.33. The molecule has 0 saturated heterocycles. The Labute approximate surface area is 151 Å². The lowest BCUT2D eigenvalue weighted by Gasteiger charge is -2.22. The first kappa shape index (κ1) is 17.7. The second kappa shape index (κ2) is 7.44. The lowest BCUT2D eigenvalue weighted by molar-refractivity contribution is -0.118. The first-order chi connectivity index (χ1) is 12.0. The Morgan fingerprint density at radius 1 is 1.36 bits per heavy atom. The van der Waals surface area contributed by atoms with E-state index in [0.717, 1.165) is 17.0 Å². The molecular weight excluding hydrogens is 334 g/mol. The van der Waals surface area contributed by atoms with Crippen LogP contribution < -0.4 is 10.5 Å². The number of thioether (sulfide) groups is 1. The van der Waals surface area contributed by atoms with E-state index in [-0.39, 0.29) is 11.5 Å². The Morgan fingerprint density at radius 2 is 2.12 bits per heavy atom. The Kier molecular flexibility index (Phi) is 5.27. The fourth-order valence-corrected chi connectivity index (χ4v) is 4.27. The van der Waals surface area contributed by atoms with Gasteiger partial charge in [0.05, 0.1) is 5.69 Å². The fraction of sp³-hybridized carbons (Fsp3) is 0.421. The average molecular weight is 357 g/mol. The molecule has 3 rings (SSSR count). The second-order valence-corrected chi connectivity index (χ2v) is 7.93. The number of nitrogens with one attached hydrogen (secondary N) is 1. The Balaban J connectivity index is 1.79. The molecule has 1 aliphatic rings. The highest BCUT2D eigenvalue weighted by molar-refractivity contribution is 8.00. The molecule has 0 bridgehead atoms. The van der Waals surface area contributed by atoms with Gasteiger partial charge in [0.15, 0.2) is 0 Å². The molecule has 1 amide bonds. The second-order valence-electron chi connectivity index (χ2n) is 6.45. The molecule has 25 heavy (non-hydrogen) atoms. The van der Waals surface area contributed by atoms with Crippen LogP contribution in [0.3, 0.4) is 0 Å². The van der Waals surface area contributed by atoms with Gasteiger partial charge in [0.1, 0.15) is 5.82 Å². The van der Waals surface area contributed by atoms with Crippen LogP contribution in [0.1, 0.15) is 36.8 Å². The van der Waals surface area contributed by atoms with Crippen LogP contribution in [0, 0.1) is 13.8 Å². The highest BCUT2D eigenvalue weighted by Gasteiger charge is 2.24. The summed E-state index contributed by atoms with van der Waals surface area (Å²) in [5, 5.41) is 0.477. The summed E-state index contributed by atoms with van der Waals surface area (Å²) in [6, 6.07) is 8.05. The largest absolute Gasteiger partial charge is 0.311 e. The SMILES string of the molecule is Cc1nc(C)c(CCC(=O)N2CC[C@H](C)Sc3ccccc32)c(=O)[nH]1. The van der Waals surface area contributed by atoms with Gasteiger partial charge in [-0.25, -0.2) is 4.98 Å². The summed E-state index contributed by atoms with van der Waals surface area (Å²) in [7, 11) is 0. The van der Waals surface area contributed by atoms with Gasteiger partial charge in [-0.1, -0.05) is 19.1 Å². The van der Waals surface area contributed by atoms with Crippen LogP contribution in [-0.2, 0) is 11.2 Å². The third kappa shape index (κ3) is 3.95. The van der Waals surface area contributed by atoms with Crippen molar-refractivity contribution in [1.82, 2.24) is 9.97 Å². The monoisotopic (exact) mass is 357 g/mol. The van der Waals surface area contributed by atoms with Crippen LogP contribution in [0.15, 0.2) is 34.0 Å². The predicted octanol–water partition coefficient (Wildman–Crippen LogP) is 3.24. The summed E-state index contributed by atoms with van der Waals surface area (Å²) in [4.78, 5) is 35.0. The number of carbonyl (C=O) groups is 1. The molecule has 1 aliphatic heterocycles. The fourth-order valence-electron chi connectivity index (χ4n) is 3.16. The summed E-state index contributed by atoms with van der Waals surface area (Å²) < 4.78 is 0. The van der Waals surface area contributed by atoms with Gasteiger partial charge in [-0.05, 0) is 38.8 Å². The number of aromatic amines is 1. The number of aryl methyl sites for hydroxylation is 2. The van der Waals surface area contributed by atoms with Gasteiger partial charge in [0.25, 0.3) is 5.56 Å². The molecule has 0 unspecified atom stereocenters. The van der Waals surface area contributed by atoms with Crippen molar-refractivity contribution in [2.24, 2.45) is 0 Å². The van der Waals surface area contributed by atoms with Gasteiger partial charge in [-0.2, -0.15) is 0 Å². The summed E-state index contributed by atoms with van der Waals surface area (Å²) >= 11 is 1.82. The third-order valence-electron chi connectivity index (χ3n) is 4.47. The van der Waals surface area contributed by atoms with Crippen LogP contribution >= 0.6 is 11.8 Å². The van der Waals surface area contributed by atoms with Crippen molar-refractivity contribution in [2.45, 2.75) is 50.2 Å². The van der Waals surface area contributed by atoms with Crippen molar-refractivity contribution in [2.75, 3.05) is 11.4 Å². The Morgan fingerprint density at radius 3 is 2.88 bits per heavy atom. The lowest BCUT2D eigenvalue weighted by atomic mass is 10.1. The maximum Gasteiger partial charge on any atom is 0.254 e. The number of anilines is 1. The molecule has 1 aromatic heterocycles. The summed E-state index contributed by atoms with van der Waals surface area (Å²) in [5.41, 5.74) is 2.15. The number of rotatable bonds is 3. The number of nitrogens with zero attached hydrogens (tertiary/aromatic N) is 2. The van der Waals surface area contributed by atoms with Crippen LogP contribution in [-0.4, -0.2) is 27.7 Å². The molecule has 0 spiro atoms. The average Bonchev–Trinajstić information content (AvgIpc) is 2.71. The minimum atomic E-state index is -0.141. The molecular formula is C19H23N3O2S. The molecule has 0 fully saturated rings. The first-order valence-electron chi connectivity index (χ1n) is 8.58. The van der Waals surface area contributed by atoms with E-state index in [4.69, 9.17) is 0 Å². The van der Waals surface area contributed by atoms with Crippen molar-refractivity contribution >= 4 is 23.4 Å². The molecule has 5 nitrogen and oxygen atoms in total. The Hall–Kier alpha value is -2.08. The molecule has 1 atom stereocenters. The van der Waals surface area contributed by atoms with E-state index in [2.05, 4.69) is 23.0 Å². The van der Waals surface area contributed by atoms with Gasteiger partial charge < -0.3 is 9.88 Å². The minimum absolute atomic E-state index is 0.0570. The summed E-state index contributed by atoms with van der Waals surface area (Å²) in [6.45, 7) is 6.49. The topological polar surface area (TPSA) is 66.1 Å².